The van der Waals surface area contributed by atoms with Gasteiger partial charge >= 0.3 is 0 Å². The van der Waals surface area contributed by atoms with E-state index in [1.54, 1.807) is 6.20 Å². The number of hydrogen-bond acceptors (Lipinski definition) is 4. The van der Waals surface area contributed by atoms with E-state index in [-0.39, 0.29) is 5.91 Å². The normalized spacial score (nSPS) is 15.0. The Hall–Kier alpha value is -2.60. The second-order valence-corrected chi connectivity index (χ2v) is 6.17. The average molecular weight is 342 g/mol. The number of nitrogens with one attached hydrogen (secondary N) is 1. The van der Waals surface area contributed by atoms with Gasteiger partial charge in [0.2, 0.25) is 0 Å². The van der Waals surface area contributed by atoms with Gasteiger partial charge in [0.15, 0.2) is 5.69 Å². The third-order valence-corrected chi connectivity index (χ3v) is 4.50. The number of aromatic amines is 1. The van der Waals surface area contributed by atoms with Crippen LogP contribution in [0.4, 0.5) is 5.82 Å². The van der Waals surface area contributed by atoms with Gasteiger partial charge in [0, 0.05) is 37.8 Å². The molecule has 122 valence electrons. The molecular formula is C17H16ClN5O. The molecule has 0 saturated carbocycles. The molecular weight excluding hydrogens is 326 g/mol. The maximum atomic E-state index is 12.8. The average Bonchev–Trinajstić information content (AvgIpc) is 3.06. The molecule has 4 rings (SSSR count). The van der Waals surface area contributed by atoms with Gasteiger partial charge in [-0.05, 0) is 18.2 Å². The Balaban J connectivity index is 1.47. The third kappa shape index (κ3) is 2.69. The number of pyridine rings is 1. The number of aromatic nitrogens is 3. The van der Waals surface area contributed by atoms with Crippen molar-refractivity contribution < 1.29 is 4.79 Å². The molecule has 24 heavy (non-hydrogen) atoms. The molecule has 3 aromatic rings. The molecule has 1 N–H and O–H groups in total. The second kappa shape index (κ2) is 6.13. The number of fused-ring (bicyclic) bond motifs is 1. The van der Waals surface area contributed by atoms with Crippen molar-refractivity contribution in [1.82, 2.24) is 20.1 Å². The SMILES string of the molecule is O=C(c1n[nH]c2ccccc12)N1CCN(c2ccc(Cl)cn2)CC1. The van der Waals surface area contributed by atoms with Crippen LogP contribution in [0.1, 0.15) is 10.5 Å². The fourth-order valence-corrected chi connectivity index (χ4v) is 3.08. The number of piperazine rings is 1. The number of benzene rings is 1. The maximum Gasteiger partial charge on any atom is 0.275 e. The Morgan fingerprint density at radius 1 is 1.08 bits per heavy atom. The maximum absolute atomic E-state index is 12.8. The number of amides is 1. The van der Waals surface area contributed by atoms with E-state index < -0.39 is 0 Å². The summed E-state index contributed by atoms with van der Waals surface area (Å²) in [6, 6.07) is 11.4. The lowest BCUT2D eigenvalue weighted by Crippen LogP contribution is -2.49. The van der Waals surface area contributed by atoms with Gasteiger partial charge in [0.05, 0.1) is 10.5 Å². The van der Waals surface area contributed by atoms with Gasteiger partial charge in [-0.2, -0.15) is 5.10 Å². The molecule has 6 nitrogen and oxygen atoms in total. The zero-order chi connectivity index (χ0) is 16.5. The van der Waals surface area contributed by atoms with E-state index >= 15 is 0 Å². The van der Waals surface area contributed by atoms with Crippen molar-refractivity contribution in [2.45, 2.75) is 0 Å². The summed E-state index contributed by atoms with van der Waals surface area (Å²) in [5.41, 5.74) is 1.37. The molecule has 0 spiro atoms. The highest BCUT2D eigenvalue weighted by atomic mass is 35.5. The molecule has 0 bridgehead atoms. The standard InChI is InChI=1S/C17H16ClN5O/c18-12-5-6-15(19-11-12)22-7-9-23(10-8-22)17(24)16-13-3-1-2-4-14(13)20-21-16/h1-6,11H,7-10H2,(H,20,21). The Morgan fingerprint density at radius 3 is 2.62 bits per heavy atom. The Kier molecular flexibility index (Phi) is 3.82. The van der Waals surface area contributed by atoms with Gasteiger partial charge in [0.25, 0.3) is 5.91 Å². The molecule has 1 aliphatic rings. The smallest absolute Gasteiger partial charge is 0.275 e. The van der Waals surface area contributed by atoms with E-state index in [1.165, 1.54) is 0 Å². The third-order valence-electron chi connectivity index (χ3n) is 4.28. The van der Waals surface area contributed by atoms with Crippen LogP contribution in [-0.4, -0.2) is 52.2 Å². The highest BCUT2D eigenvalue weighted by Crippen LogP contribution is 2.20. The van der Waals surface area contributed by atoms with Gasteiger partial charge < -0.3 is 9.80 Å². The lowest BCUT2D eigenvalue weighted by molar-refractivity contribution is 0.0742. The lowest BCUT2D eigenvalue weighted by Gasteiger charge is -2.35. The van der Waals surface area contributed by atoms with Crippen molar-refractivity contribution in [2.75, 3.05) is 31.1 Å². The summed E-state index contributed by atoms with van der Waals surface area (Å²) in [4.78, 5) is 21.1. The fourth-order valence-electron chi connectivity index (χ4n) is 2.97. The van der Waals surface area contributed by atoms with E-state index in [4.69, 9.17) is 11.6 Å². The van der Waals surface area contributed by atoms with E-state index in [0.717, 1.165) is 29.8 Å². The number of hydrogen-bond donors (Lipinski definition) is 1. The van der Waals surface area contributed by atoms with Crippen molar-refractivity contribution in [3.63, 3.8) is 0 Å². The summed E-state index contributed by atoms with van der Waals surface area (Å²) >= 11 is 5.88. The summed E-state index contributed by atoms with van der Waals surface area (Å²) in [7, 11) is 0. The van der Waals surface area contributed by atoms with Crippen molar-refractivity contribution in [2.24, 2.45) is 0 Å². The first-order valence-electron chi connectivity index (χ1n) is 7.81. The molecule has 2 aromatic heterocycles. The van der Waals surface area contributed by atoms with Crippen molar-refractivity contribution in [3.8, 4) is 0 Å². The molecule has 7 heteroatoms. The Labute approximate surface area is 144 Å². The molecule has 1 aliphatic heterocycles. The topological polar surface area (TPSA) is 65.1 Å². The number of nitrogens with zero attached hydrogens (tertiary/aromatic N) is 4. The number of para-hydroxylation sites is 1. The van der Waals surface area contributed by atoms with E-state index in [2.05, 4.69) is 20.1 Å². The highest BCUT2D eigenvalue weighted by molar-refractivity contribution is 6.30. The van der Waals surface area contributed by atoms with Gasteiger partial charge in [-0.3, -0.25) is 9.89 Å². The second-order valence-electron chi connectivity index (χ2n) is 5.73. The van der Waals surface area contributed by atoms with Gasteiger partial charge in [-0.15, -0.1) is 0 Å². The monoisotopic (exact) mass is 341 g/mol. The summed E-state index contributed by atoms with van der Waals surface area (Å²) < 4.78 is 0. The number of anilines is 1. The van der Waals surface area contributed by atoms with E-state index in [1.807, 2.05) is 41.3 Å². The first-order chi connectivity index (χ1) is 11.7. The molecule has 0 unspecified atom stereocenters. The Bertz CT molecular complexity index is 868. The zero-order valence-electron chi connectivity index (χ0n) is 12.9. The Morgan fingerprint density at radius 2 is 1.88 bits per heavy atom. The first kappa shape index (κ1) is 15.0. The van der Waals surface area contributed by atoms with Crippen LogP contribution >= 0.6 is 11.6 Å². The molecule has 1 saturated heterocycles. The van der Waals surface area contributed by atoms with Crippen LogP contribution in [0.3, 0.4) is 0 Å². The van der Waals surface area contributed by atoms with Crippen LogP contribution in [0, 0.1) is 0 Å². The van der Waals surface area contributed by atoms with Crippen molar-refractivity contribution >= 4 is 34.2 Å². The summed E-state index contributed by atoms with van der Waals surface area (Å²) in [6.07, 6.45) is 1.64. The minimum absolute atomic E-state index is 0.0313. The zero-order valence-corrected chi connectivity index (χ0v) is 13.7. The number of rotatable bonds is 2. The van der Waals surface area contributed by atoms with Crippen LogP contribution in [0.2, 0.25) is 5.02 Å². The molecule has 0 aliphatic carbocycles. The minimum atomic E-state index is -0.0313. The minimum Gasteiger partial charge on any atom is -0.353 e. The molecule has 1 aromatic carbocycles. The van der Waals surface area contributed by atoms with Crippen LogP contribution in [0.25, 0.3) is 10.9 Å². The van der Waals surface area contributed by atoms with Crippen LogP contribution < -0.4 is 4.90 Å². The molecule has 1 amide bonds. The van der Waals surface area contributed by atoms with Gasteiger partial charge in [-0.1, -0.05) is 29.8 Å². The predicted octanol–water partition coefficient (Wildman–Crippen LogP) is 2.57. The van der Waals surface area contributed by atoms with Crippen molar-refractivity contribution in [1.29, 1.82) is 0 Å². The largest absolute Gasteiger partial charge is 0.353 e. The fraction of sp³-hybridized carbons (Fsp3) is 0.235. The number of halogens is 1. The number of carbonyl (C=O) groups excluding carboxylic acids is 1. The summed E-state index contributed by atoms with van der Waals surface area (Å²) in [6.45, 7) is 2.76. The quantitative estimate of drug-likeness (QED) is 0.778. The lowest BCUT2D eigenvalue weighted by atomic mass is 10.2. The molecule has 0 atom stereocenters. The van der Waals surface area contributed by atoms with Crippen LogP contribution in [0.15, 0.2) is 42.6 Å². The van der Waals surface area contributed by atoms with Crippen LogP contribution in [-0.2, 0) is 0 Å². The summed E-state index contributed by atoms with van der Waals surface area (Å²) in [5, 5.41) is 8.61. The number of carbonyl (C=O) groups is 1. The molecule has 3 heterocycles. The summed E-state index contributed by atoms with van der Waals surface area (Å²) in [5.74, 6) is 0.855. The molecule has 0 radical (unpaired) electrons. The first-order valence-corrected chi connectivity index (χ1v) is 8.19. The molecule has 1 fully saturated rings. The van der Waals surface area contributed by atoms with E-state index in [9.17, 15) is 4.79 Å². The van der Waals surface area contributed by atoms with Gasteiger partial charge in [0.1, 0.15) is 5.82 Å². The van der Waals surface area contributed by atoms with Gasteiger partial charge in [-0.25, -0.2) is 4.98 Å². The van der Waals surface area contributed by atoms with Crippen LogP contribution in [0.5, 0.6) is 0 Å². The van der Waals surface area contributed by atoms with E-state index in [0.29, 0.717) is 23.8 Å². The van der Waals surface area contributed by atoms with Crippen molar-refractivity contribution in [3.05, 3.63) is 53.3 Å². The number of H-pyrrole nitrogens is 1. The predicted molar refractivity (Wildman–Crippen MR) is 93.5 cm³/mol. The highest BCUT2D eigenvalue weighted by Gasteiger charge is 2.25.